The molecule has 8 heteroatoms. The van der Waals surface area contributed by atoms with E-state index in [9.17, 15) is 13.2 Å². The van der Waals surface area contributed by atoms with E-state index in [1.165, 1.54) is 12.1 Å². The predicted molar refractivity (Wildman–Crippen MR) is 72.4 cm³/mol. The summed E-state index contributed by atoms with van der Waals surface area (Å²) in [5.74, 6) is -0.654. The third-order valence-corrected chi connectivity index (χ3v) is 4.11. The number of ether oxygens (including phenoxy) is 1. The van der Waals surface area contributed by atoms with Crippen molar-refractivity contribution in [1.82, 2.24) is 4.72 Å². The number of nitrogens with one attached hydrogen (secondary N) is 1. The first-order chi connectivity index (χ1) is 8.77. The Morgan fingerprint density at radius 1 is 1.47 bits per heavy atom. The van der Waals surface area contributed by atoms with Crippen LogP contribution in [0.2, 0.25) is 5.02 Å². The van der Waals surface area contributed by atoms with Crippen LogP contribution in [-0.4, -0.2) is 27.5 Å². The Labute approximate surface area is 116 Å². The molecular weight excluding hydrogens is 292 g/mol. The first-order valence-corrected chi connectivity index (χ1v) is 7.35. The van der Waals surface area contributed by atoms with Gasteiger partial charge in [-0.25, -0.2) is 8.42 Å². The number of hydrogen-bond acceptors (Lipinski definition) is 5. The number of benzene rings is 1. The molecule has 0 unspecified atom stereocenters. The average Bonchev–Trinajstić information content (AvgIpc) is 2.31. The van der Waals surface area contributed by atoms with E-state index in [-0.39, 0.29) is 22.2 Å². The van der Waals surface area contributed by atoms with Crippen molar-refractivity contribution in [3.05, 3.63) is 22.7 Å². The minimum absolute atomic E-state index is 0.0539. The maximum Gasteiger partial charge on any atom is 0.321 e. The highest BCUT2D eigenvalue weighted by Gasteiger charge is 2.20. The maximum absolute atomic E-state index is 12.0. The first kappa shape index (κ1) is 15.7. The minimum Gasteiger partial charge on any atom is -0.465 e. The summed E-state index contributed by atoms with van der Waals surface area (Å²) in [6, 6.07) is 2.74. The summed E-state index contributed by atoms with van der Waals surface area (Å²) >= 11 is 5.78. The summed E-state index contributed by atoms with van der Waals surface area (Å²) in [6.45, 7) is 2.94. The Hall–Kier alpha value is -1.31. The van der Waals surface area contributed by atoms with Gasteiger partial charge < -0.3 is 10.5 Å². The summed E-state index contributed by atoms with van der Waals surface area (Å²) in [6.07, 6.45) is 0. The Kier molecular flexibility index (Phi) is 5.16. The van der Waals surface area contributed by atoms with Crippen LogP contribution in [-0.2, 0) is 19.6 Å². The van der Waals surface area contributed by atoms with Gasteiger partial charge in [0.15, 0.2) is 0 Å². The molecule has 3 N–H and O–H groups in total. The van der Waals surface area contributed by atoms with Crippen LogP contribution in [0, 0.1) is 6.92 Å². The summed E-state index contributed by atoms with van der Waals surface area (Å²) in [4.78, 5) is 11.1. The maximum atomic E-state index is 12.0. The molecule has 0 saturated carbocycles. The predicted octanol–water partition coefficient (Wildman–Crippen LogP) is 1.07. The second kappa shape index (κ2) is 6.23. The fourth-order valence-electron chi connectivity index (χ4n) is 1.40. The Morgan fingerprint density at radius 3 is 2.68 bits per heavy atom. The monoisotopic (exact) mass is 306 g/mol. The minimum atomic E-state index is -3.86. The van der Waals surface area contributed by atoms with Crippen LogP contribution < -0.4 is 10.5 Å². The van der Waals surface area contributed by atoms with Crippen LogP contribution in [0.1, 0.15) is 12.5 Å². The Balaban J connectivity index is 2.98. The molecule has 1 aromatic carbocycles. The molecule has 0 saturated heterocycles. The fourth-order valence-corrected chi connectivity index (χ4v) is 2.95. The molecule has 6 nitrogen and oxygen atoms in total. The smallest absolute Gasteiger partial charge is 0.321 e. The zero-order valence-corrected chi connectivity index (χ0v) is 12.1. The molecule has 0 amide bonds. The average molecular weight is 307 g/mol. The van der Waals surface area contributed by atoms with Gasteiger partial charge >= 0.3 is 5.97 Å². The van der Waals surface area contributed by atoms with E-state index in [4.69, 9.17) is 17.3 Å². The van der Waals surface area contributed by atoms with Crippen molar-refractivity contribution in [2.75, 3.05) is 18.9 Å². The molecule has 0 aliphatic heterocycles. The van der Waals surface area contributed by atoms with Gasteiger partial charge in [-0.3, -0.25) is 4.79 Å². The number of carbonyl (C=O) groups is 1. The lowest BCUT2D eigenvalue weighted by Crippen LogP contribution is -2.31. The molecule has 0 aliphatic carbocycles. The molecule has 0 bridgehead atoms. The second-order valence-corrected chi connectivity index (χ2v) is 5.92. The second-order valence-electron chi connectivity index (χ2n) is 3.75. The lowest BCUT2D eigenvalue weighted by atomic mass is 10.2. The van der Waals surface area contributed by atoms with Gasteiger partial charge in [-0.15, -0.1) is 0 Å². The normalized spacial score (nSPS) is 11.3. The van der Waals surface area contributed by atoms with Gasteiger partial charge in [0.25, 0.3) is 0 Å². The zero-order valence-electron chi connectivity index (χ0n) is 10.6. The van der Waals surface area contributed by atoms with Gasteiger partial charge in [0.1, 0.15) is 6.54 Å². The van der Waals surface area contributed by atoms with Gasteiger partial charge in [0.2, 0.25) is 10.0 Å². The highest BCUT2D eigenvalue weighted by molar-refractivity contribution is 7.89. The van der Waals surface area contributed by atoms with E-state index in [2.05, 4.69) is 9.46 Å². The Bertz CT molecular complexity index is 587. The van der Waals surface area contributed by atoms with E-state index < -0.39 is 22.5 Å². The highest BCUT2D eigenvalue weighted by Crippen LogP contribution is 2.25. The van der Waals surface area contributed by atoms with Crippen LogP contribution in [0.4, 0.5) is 5.69 Å². The molecule has 0 fully saturated rings. The van der Waals surface area contributed by atoms with Crippen molar-refractivity contribution in [1.29, 1.82) is 0 Å². The van der Waals surface area contributed by atoms with Crippen LogP contribution in [0.15, 0.2) is 17.0 Å². The van der Waals surface area contributed by atoms with Crippen LogP contribution in [0.3, 0.4) is 0 Å². The molecule has 19 heavy (non-hydrogen) atoms. The van der Waals surface area contributed by atoms with E-state index >= 15 is 0 Å². The van der Waals surface area contributed by atoms with Gasteiger partial charge in [-0.05, 0) is 31.5 Å². The van der Waals surface area contributed by atoms with Gasteiger partial charge in [0.05, 0.1) is 11.5 Å². The molecule has 106 valence electrons. The van der Waals surface area contributed by atoms with E-state index in [0.717, 1.165) is 0 Å². The highest BCUT2D eigenvalue weighted by atomic mass is 35.5. The number of halogens is 1. The van der Waals surface area contributed by atoms with Crippen LogP contribution in [0.5, 0.6) is 0 Å². The van der Waals surface area contributed by atoms with Crippen LogP contribution in [0.25, 0.3) is 0 Å². The van der Waals surface area contributed by atoms with Gasteiger partial charge in [0, 0.05) is 10.7 Å². The quantitative estimate of drug-likeness (QED) is 0.626. The zero-order chi connectivity index (χ0) is 14.6. The summed E-state index contributed by atoms with van der Waals surface area (Å²) < 4.78 is 30.8. The SMILES string of the molecule is CCOC(=O)CNS(=O)(=O)c1cc(Cl)cc(N)c1C. The number of hydrogen-bond donors (Lipinski definition) is 2. The van der Waals surface area contributed by atoms with Crippen molar-refractivity contribution in [2.45, 2.75) is 18.7 Å². The van der Waals surface area contributed by atoms with Gasteiger partial charge in [-0.1, -0.05) is 11.6 Å². The summed E-state index contributed by atoms with van der Waals surface area (Å²) in [5.41, 5.74) is 6.30. The lowest BCUT2D eigenvalue weighted by molar-refractivity contribution is -0.141. The number of nitrogen functional groups attached to an aromatic ring is 1. The van der Waals surface area contributed by atoms with Crippen molar-refractivity contribution >= 4 is 33.3 Å². The number of sulfonamides is 1. The molecule has 1 aromatic rings. The standard InChI is InChI=1S/C11H15ClN2O4S/c1-3-18-11(15)6-14-19(16,17)10-5-8(12)4-9(13)7(10)2/h4-5,14H,3,6,13H2,1-2H3. The van der Waals surface area contributed by atoms with E-state index in [0.29, 0.717) is 5.56 Å². The summed E-state index contributed by atoms with van der Waals surface area (Å²) in [7, 11) is -3.86. The first-order valence-electron chi connectivity index (χ1n) is 5.49. The number of carbonyl (C=O) groups excluding carboxylic acids is 1. The number of esters is 1. The molecular formula is C11H15ClN2O4S. The third-order valence-electron chi connectivity index (χ3n) is 2.37. The van der Waals surface area contributed by atoms with E-state index in [1.807, 2.05) is 0 Å². The number of anilines is 1. The molecule has 1 rings (SSSR count). The fraction of sp³-hybridized carbons (Fsp3) is 0.364. The van der Waals surface area contributed by atoms with Crippen molar-refractivity contribution in [2.24, 2.45) is 0 Å². The van der Waals surface area contributed by atoms with Crippen molar-refractivity contribution in [3.63, 3.8) is 0 Å². The number of nitrogens with two attached hydrogens (primary N) is 1. The molecule has 0 atom stereocenters. The molecule has 0 aliphatic rings. The third kappa shape index (κ3) is 4.09. The molecule has 0 radical (unpaired) electrons. The largest absolute Gasteiger partial charge is 0.465 e. The lowest BCUT2D eigenvalue weighted by Gasteiger charge is -2.11. The van der Waals surface area contributed by atoms with E-state index in [1.54, 1.807) is 13.8 Å². The Morgan fingerprint density at radius 2 is 2.11 bits per heavy atom. The topological polar surface area (TPSA) is 98.5 Å². The molecule has 0 aromatic heterocycles. The number of rotatable bonds is 5. The van der Waals surface area contributed by atoms with Crippen molar-refractivity contribution in [3.8, 4) is 0 Å². The molecule has 0 spiro atoms. The summed E-state index contributed by atoms with van der Waals surface area (Å²) in [5, 5.41) is 0.208. The van der Waals surface area contributed by atoms with Crippen molar-refractivity contribution < 1.29 is 17.9 Å². The molecule has 0 heterocycles. The van der Waals surface area contributed by atoms with Crippen LogP contribution >= 0.6 is 11.6 Å². The van der Waals surface area contributed by atoms with Gasteiger partial charge in [-0.2, -0.15) is 4.72 Å².